The lowest BCUT2D eigenvalue weighted by atomic mass is 10.0. The van der Waals surface area contributed by atoms with Crippen molar-refractivity contribution in [2.45, 2.75) is 39.3 Å². The first-order valence-corrected chi connectivity index (χ1v) is 9.21. The van der Waals surface area contributed by atoms with Gasteiger partial charge in [-0.2, -0.15) is 0 Å². The topological polar surface area (TPSA) is 49.4 Å². The molecular formula is C21H25ClN2O2. The van der Waals surface area contributed by atoms with Gasteiger partial charge in [0.2, 0.25) is 11.8 Å². The summed E-state index contributed by atoms with van der Waals surface area (Å²) in [6.45, 7) is 4.76. The zero-order chi connectivity index (χ0) is 18.9. The van der Waals surface area contributed by atoms with Crippen LogP contribution in [0.5, 0.6) is 0 Å². The Labute approximate surface area is 160 Å². The molecule has 0 bridgehead atoms. The predicted octanol–water partition coefficient (Wildman–Crippen LogP) is 4.35. The van der Waals surface area contributed by atoms with Crippen molar-refractivity contribution < 1.29 is 9.59 Å². The minimum Gasteiger partial charge on any atom is -0.349 e. The van der Waals surface area contributed by atoms with E-state index in [4.69, 9.17) is 11.6 Å². The maximum atomic E-state index is 12.9. The van der Waals surface area contributed by atoms with Gasteiger partial charge in [0.1, 0.15) is 0 Å². The van der Waals surface area contributed by atoms with Crippen molar-refractivity contribution in [1.29, 1.82) is 0 Å². The Hall–Kier alpha value is -2.33. The molecule has 1 atom stereocenters. The number of hydrogen-bond donors (Lipinski definition) is 1. The summed E-state index contributed by atoms with van der Waals surface area (Å²) in [6.07, 6.45) is 1.10. The molecule has 1 unspecified atom stereocenters. The highest BCUT2D eigenvalue weighted by Crippen LogP contribution is 2.21. The van der Waals surface area contributed by atoms with Crippen LogP contribution < -0.4 is 5.32 Å². The SMILES string of the molecule is CCCN(Cc1ccccc1)C(=O)CC(NC(C)=O)c1ccc(Cl)cc1. The Morgan fingerprint density at radius 2 is 1.73 bits per heavy atom. The van der Waals surface area contributed by atoms with Gasteiger partial charge in [0, 0.05) is 25.0 Å². The van der Waals surface area contributed by atoms with Gasteiger partial charge in [-0.25, -0.2) is 0 Å². The van der Waals surface area contributed by atoms with E-state index in [2.05, 4.69) is 12.2 Å². The normalized spacial score (nSPS) is 11.7. The van der Waals surface area contributed by atoms with Crippen LogP contribution in [0.15, 0.2) is 54.6 Å². The van der Waals surface area contributed by atoms with Crippen molar-refractivity contribution in [2.75, 3.05) is 6.54 Å². The second kappa shape index (κ2) is 9.97. The maximum absolute atomic E-state index is 12.9. The van der Waals surface area contributed by atoms with Gasteiger partial charge in [0.15, 0.2) is 0 Å². The van der Waals surface area contributed by atoms with Crippen LogP contribution in [0.25, 0.3) is 0 Å². The van der Waals surface area contributed by atoms with Crippen LogP contribution in [0.2, 0.25) is 5.02 Å². The van der Waals surface area contributed by atoms with Gasteiger partial charge in [-0.05, 0) is 29.7 Å². The largest absolute Gasteiger partial charge is 0.349 e. The minimum absolute atomic E-state index is 0.0180. The molecule has 0 saturated carbocycles. The first kappa shape index (κ1) is 20.0. The van der Waals surface area contributed by atoms with Crippen molar-refractivity contribution in [2.24, 2.45) is 0 Å². The fourth-order valence-corrected chi connectivity index (χ4v) is 2.99. The lowest BCUT2D eigenvalue weighted by Gasteiger charge is -2.26. The molecule has 0 spiro atoms. The summed E-state index contributed by atoms with van der Waals surface area (Å²) < 4.78 is 0. The highest BCUT2D eigenvalue weighted by Gasteiger charge is 2.21. The van der Waals surface area contributed by atoms with Crippen LogP contribution in [-0.4, -0.2) is 23.3 Å². The number of nitrogens with zero attached hydrogens (tertiary/aromatic N) is 1. The van der Waals surface area contributed by atoms with Gasteiger partial charge in [0.05, 0.1) is 12.5 Å². The van der Waals surface area contributed by atoms with Crippen molar-refractivity contribution in [3.05, 3.63) is 70.7 Å². The van der Waals surface area contributed by atoms with Crippen LogP contribution in [0.1, 0.15) is 43.9 Å². The molecule has 0 heterocycles. The van der Waals surface area contributed by atoms with Crippen LogP contribution in [0.3, 0.4) is 0 Å². The van der Waals surface area contributed by atoms with E-state index in [-0.39, 0.29) is 24.3 Å². The Bertz CT molecular complexity index is 717. The zero-order valence-electron chi connectivity index (χ0n) is 15.2. The first-order chi connectivity index (χ1) is 12.5. The number of benzene rings is 2. The number of halogens is 1. The van der Waals surface area contributed by atoms with E-state index in [9.17, 15) is 9.59 Å². The van der Waals surface area contributed by atoms with Gasteiger partial charge < -0.3 is 10.2 Å². The summed E-state index contributed by atoms with van der Waals surface area (Å²) in [6, 6.07) is 16.8. The molecule has 0 aromatic heterocycles. The first-order valence-electron chi connectivity index (χ1n) is 8.84. The summed E-state index contributed by atoms with van der Waals surface area (Å²) in [4.78, 5) is 26.4. The van der Waals surface area contributed by atoms with E-state index in [0.29, 0.717) is 18.1 Å². The molecule has 1 N–H and O–H groups in total. The highest BCUT2D eigenvalue weighted by molar-refractivity contribution is 6.30. The number of hydrogen-bond acceptors (Lipinski definition) is 2. The Kier molecular flexibility index (Phi) is 7.67. The van der Waals surface area contributed by atoms with E-state index in [0.717, 1.165) is 17.5 Å². The minimum atomic E-state index is -0.368. The van der Waals surface area contributed by atoms with E-state index in [1.807, 2.05) is 47.4 Å². The molecule has 138 valence electrons. The highest BCUT2D eigenvalue weighted by atomic mass is 35.5. The fraction of sp³-hybridized carbons (Fsp3) is 0.333. The monoisotopic (exact) mass is 372 g/mol. The number of carbonyl (C=O) groups is 2. The van der Waals surface area contributed by atoms with E-state index >= 15 is 0 Å². The van der Waals surface area contributed by atoms with Gasteiger partial charge in [-0.1, -0.05) is 61.0 Å². The van der Waals surface area contributed by atoms with Crippen molar-refractivity contribution in [1.82, 2.24) is 10.2 Å². The van der Waals surface area contributed by atoms with Crippen molar-refractivity contribution in [3.63, 3.8) is 0 Å². The number of carbonyl (C=O) groups excluding carboxylic acids is 2. The summed E-state index contributed by atoms with van der Waals surface area (Å²) in [7, 11) is 0. The molecule has 2 rings (SSSR count). The smallest absolute Gasteiger partial charge is 0.225 e. The molecule has 0 aliphatic rings. The summed E-state index contributed by atoms with van der Waals surface area (Å²) in [5.41, 5.74) is 1.96. The molecule has 0 aliphatic carbocycles. The van der Waals surface area contributed by atoms with Crippen LogP contribution >= 0.6 is 11.6 Å². The molecule has 26 heavy (non-hydrogen) atoms. The molecular weight excluding hydrogens is 348 g/mol. The Morgan fingerprint density at radius 3 is 2.31 bits per heavy atom. The zero-order valence-corrected chi connectivity index (χ0v) is 16.0. The molecule has 2 aromatic carbocycles. The third kappa shape index (κ3) is 6.19. The Balaban J connectivity index is 2.14. The Morgan fingerprint density at radius 1 is 1.08 bits per heavy atom. The van der Waals surface area contributed by atoms with Crippen molar-refractivity contribution >= 4 is 23.4 Å². The summed E-state index contributed by atoms with van der Waals surface area (Å²) in [5, 5.41) is 3.50. The predicted molar refractivity (Wildman–Crippen MR) is 105 cm³/mol. The molecule has 2 aromatic rings. The maximum Gasteiger partial charge on any atom is 0.225 e. The number of nitrogens with one attached hydrogen (secondary N) is 1. The molecule has 0 aliphatic heterocycles. The molecule has 5 heteroatoms. The number of amides is 2. The standard InChI is InChI=1S/C21H25ClN2O2/c1-3-13-24(15-17-7-5-4-6-8-17)21(26)14-20(23-16(2)25)18-9-11-19(22)12-10-18/h4-12,20H,3,13-15H2,1-2H3,(H,23,25). The van der Waals surface area contributed by atoms with Gasteiger partial charge >= 0.3 is 0 Å². The van der Waals surface area contributed by atoms with Crippen molar-refractivity contribution in [3.8, 4) is 0 Å². The van der Waals surface area contributed by atoms with Gasteiger partial charge in [0.25, 0.3) is 0 Å². The lowest BCUT2D eigenvalue weighted by Crippen LogP contribution is -2.36. The van der Waals surface area contributed by atoms with Crippen LogP contribution in [0.4, 0.5) is 0 Å². The van der Waals surface area contributed by atoms with Gasteiger partial charge in [-0.15, -0.1) is 0 Å². The molecule has 4 nitrogen and oxygen atoms in total. The number of rotatable bonds is 8. The van der Waals surface area contributed by atoms with E-state index in [1.54, 1.807) is 12.1 Å². The quantitative estimate of drug-likeness (QED) is 0.749. The van der Waals surface area contributed by atoms with E-state index in [1.165, 1.54) is 6.92 Å². The molecule has 2 amide bonds. The van der Waals surface area contributed by atoms with Gasteiger partial charge in [-0.3, -0.25) is 9.59 Å². The average Bonchev–Trinajstić information content (AvgIpc) is 2.62. The third-order valence-corrected chi connectivity index (χ3v) is 4.34. The summed E-state index contributed by atoms with van der Waals surface area (Å²) >= 11 is 5.95. The summed E-state index contributed by atoms with van der Waals surface area (Å²) in [5.74, 6) is -0.146. The lowest BCUT2D eigenvalue weighted by molar-refractivity contribution is -0.132. The van der Waals surface area contributed by atoms with E-state index < -0.39 is 0 Å². The second-order valence-electron chi connectivity index (χ2n) is 6.31. The molecule has 0 saturated heterocycles. The fourth-order valence-electron chi connectivity index (χ4n) is 2.86. The molecule has 0 fully saturated rings. The second-order valence-corrected chi connectivity index (χ2v) is 6.75. The third-order valence-electron chi connectivity index (χ3n) is 4.09. The average molecular weight is 373 g/mol. The van der Waals surface area contributed by atoms with Crippen LogP contribution in [-0.2, 0) is 16.1 Å². The molecule has 0 radical (unpaired) electrons. The van der Waals surface area contributed by atoms with Crippen LogP contribution in [0, 0.1) is 0 Å².